The highest BCUT2D eigenvalue weighted by Crippen LogP contribution is 2.14. The van der Waals surface area contributed by atoms with Crippen LogP contribution in [0.15, 0.2) is 30.5 Å². The Morgan fingerprint density at radius 2 is 1.81 bits per heavy atom. The molecular formula is C14H14O7. The highest BCUT2D eigenvalue weighted by atomic mass is 16.6. The van der Waals surface area contributed by atoms with Gasteiger partial charge in [0.05, 0.1) is 23.0 Å². The Balaban J connectivity index is 2.83. The summed E-state index contributed by atoms with van der Waals surface area (Å²) in [5.74, 6) is -3.54. The van der Waals surface area contributed by atoms with E-state index >= 15 is 0 Å². The molecule has 0 radical (unpaired) electrons. The van der Waals surface area contributed by atoms with Gasteiger partial charge in [-0.2, -0.15) is 0 Å². The maximum absolute atomic E-state index is 11.8. The minimum atomic E-state index is -1.41. The van der Waals surface area contributed by atoms with Crippen molar-refractivity contribution in [3.63, 3.8) is 0 Å². The zero-order chi connectivity index (χ0) is 15.8. The SMILES string of the molecule is CC=COCCOC(=O)c1ccc(C(=O)O)cc1C(=O)O. The van der Waals surface area contributed by atoms with Gasteiger partial charge in [0.2, 0.25) is 0 Å². The number of carbonyl (C=O) groups excluding carboxylic acids is 1. The molecule has 0 aliphatic rings. The Bertz CT molecular complexity index is 575. The third kappa shape index (κ3) is 4.64. The lowest BCUT2D eigenvalue weighted by molar-refractivity contribution is 0.0413. The van der Waals surface area contributed by atoms with Crippen molar-refractivity contribution >= 4 is 17.9 Å². The molecule has 2 N–H and O–H groups in total. The Labute approximate surface area is 120 Å². The summed E-state index contributed by atoms with van der Waals surface area (Å²) in [6, 6.07) is 3.17. The normalized spacial score (nSPS) is 10.3. The van der Waals surface area contributed by atoms with E-state index in [1.165, 1.54) is 6.26 Å². The van der Waals surface area contributed by atoms with E-state index in [1.54, 1.807) is 13.0 Å². The van der Waals surface area contributed by atoms with Gasteiger partial charge in [0.25, 0.3) is 0 Å². The molecule has 0 aliphatic heterocycles. The first kappa shape index (κ1) is 16.2. The van der Waals surface area contributed by atoms with Crippen molar-refractivity contribution in [1.29, 1.82) is 0 Å². The Morgan fingerprint density at radius 1 is 1.10 bits per heavy atom. The molecule has 1 rings (SSSR count). The summed E-state index contributed by atoms with van der Waals surface area (Å²) in [4.78, 5) is 33.7. The van der Waals surface area contributed by atoms with E-state index in [9.17, 15) is 14.4 Å². The maximum atomic E-state index is 11.8. The van der Waals surface area contributed by atoms with Crippen molar-refractivity contribution in [2.75, 3.05) is 13.2 Å². The number of ether oxygens (including phenoxy) is 2. The zero-order valence-corrected chi connectivity index (χ0v) is 11.2. The molecule has 1 aromatic rings. The minimum Gasteiger partial charge on any atom is -0.498 e. The topological polar surface area (TPSA) is 110 Å². The second kappa shape index (κ2) is 7.68. The number of aromatic carboxylic acids is 2. The predicted octanol–water partition coefficient (Wildman–Crippen LogP) is 1.79. The molecule has 0 atom stereocenters. The standard InChI is InChI=1S/C14H14O7/c1-2-5-20-6-7-21-14(19)10-4-3-9(12(15)16)8-11(10)13(17)18/h2-5,8H,6-7H2,1H3,(H,15,16)(H,17,18). The first-order valence-corrected chi connectivity index (χ1v) is 5.98. The molecule has 1 aromatic carbocycles. The minimum absolute atomic E-state index is 0.0527. The van der Waals surface area contributed by atoms with Gasteiger partial charge in [-0.25, -0.2) is 14.4 Å². The fourth-order valence-corrected chi connectivity index (χ4v) is 1.46. The number of allylic oxidation sites excluding steroid dienone is 1. The van der Waals surface area contributed by atoms with E-state index in [1.807, 2.05) is 0 Å². The molecule has 0 saturated carbocycles. The van der Waals surface area contributed by atoms with E-state index < -0.39 is 23.5 Å². The average molecular weight is 294 g/mol. The van der Waals surface area contributed by atoms with Crippen molar-refractivity contribution in [2.24, 2.45) is 0 Å². The van der Waals surface area contributed by atoms with Crippen LogP contribution in [0.1, 0.15) is 38.0 Å². The quantitative estimate of drug-likeness (QED) is 0.448. The smallest absolute Gasteiger partial charge is 0.339 e. The second-order valence-corrected chi connectivity index (χ2v) is 3.85. The van der Waals surface area contributed by atoms with E-state index in [-0.39, 0.29) is 24.3 Å². The van der Waals surface area contributed by atoms with E-state index in [4.69, 9.17) is 19.7 Å². The molecule has 0 aromatic heterocycles. The van der Waals surface area contributed by atoms with Crippen molar-refractivity contribution in [3.8, 4) is 0 Å². The highest BCUT2D eigenvalue weighted by Gasteiger charge is 2.19. The third-order valence-electron chi connectivity index (χ3n) is 2.38. The van der Waals surface area contributed by atoms with Crippen molar-refractivity contribution in [1.82, 2.24) is 0 Å². The van der Waals surface area contributed by atoms with Crippen LogP contribution in [-0.4, -0.2) is 41.3 Å². The number of hydrogen-bond donors (Lipinski definition) is 2. The summed E-state index contributed by atoms with van der Waals surface area (Å²) < 4.78 is 9.80. The second-order valence-electron chi connectivity index (χ2n) is 3.85. The maximum Gasteiger partial charge on any atom is 0.339 e. The number of carboxylic acids is 2. The Morgan fingerprint density at radius 3 is 2.38 bits per heavy atom. The van der Waals surface area contributed by atoms with Gasteiger partial charge in [-0.1, -0.05) is 6.08 Å². The lowest BCUT2D eigenvalue weighted by Gasteiger charge is -2.08. The van der Waals surface area contributed by atoms with Gasteiger partial charge in [-0.3, -0.25) is 0 Å². The van der Waals surface area contributed by atoms with Crippen LogP contribution in [0.5, 0.6) is 0 Å². The van der Waals surface area contributed by atoms with Crippen LogP contribution in [0.4, 0.5) is 0 Å². The van der Waals surface area contributed by atoms with E-state index in [0.717, 1.165) is 18.2 Å². The van der Waals surface area contributed by atoms with Gasteiger partial charge in [-0.15, -0.1) is 0 Å². The molecule has 0 heterocycles. The molecule has 0 saturated heterocycles. The fourth-order valence-electron chi connectivity index (χ4n) is 1.46. The largest absolute Gasteiger partial charge is 0.498 e. The summed E-state index contributed by atoms with van der Waals surface area (Å²) in [5.41, 5.74) is -0.854. The van der Waals surface area contributed by atoms with Crippen LogP contribution in [0.2, 0.25) is 0 Å². The van der Waals surface area contributed by atoms with Gasteiger partial charge in [0.1, 0.15) is 13.2 Å². The average Bonchev–Trinajstić information content (AvgIpc) is 2.46. The van der Waals surface area contributed by atoms with E-state index in [2.05, 4.69) is 0 Å². The van der Waals surface area contributed by atoms with E-state index in [0.29, 0.717) is 0 Å². The van der Waals surface area contributed by atoms with Crippen molar-refractivity contribution in [3.05, 3.63) is 47.2 Å². The molecule has 0 bridgehead atoms. The van der Waals surface area contributed by atoms with Crippen LogP contribution in [0, 0.1) is 0 Å². The summed E-state index contributed by atoms with van der Waals surface area (Å²) in [6.07, 6.45) is 3.09. The molecule has 112 valence electrons. The Kier molecular flexibility index (Phi) is 5.94. The van der Waals surface area contributed by atoms with Crippen molar-refractivity contribution in [2.45, 2.75) is 6.92 Å². The monoisotopic (exact) mass is 294 g/mol. The first-order chi connectivity index (χ1) is 9.97. The molecule has 0 amide bonds. The van der Waals surface area contributed by atoms with Crippen LogP contribution in [0.3, 0.4) is 0 Å². The summed E-state index contributed by atoms with van der Waals surface area (Å²) >= 11 is 0. The van der Waals surface area contributed by atoms with Crippen molar-refractivity contribution < 1.29 is 34.1 Å². The number of rotatable bonds is 7. The molecule has 0 spiro atoms. The molecule has 21 heavy (non-hydrogen) atoms. The molecule has 0 aliphatic carbocycles. The third-order valence-corrected chi connectivity index (χ3v) is 2.38. The lowest BCUT2D eigenvalue weighted by Crippen LogP contribution is -2.15. The molecule has 7 nitrogen and oxygen atoms in total. The van der Waals surface area contributed by atoms with Crippen LogP contribution in [-0.2, 0) is 9.47 Å². The molecule has 7 heteroatoms. The van der Waals surface area contributed by atoms with Crippen LogP contribution in [0.25, 0.3) is 0 Å². The summed E-state index contributed by atoms with van der Waals surface area (Å²) in [7, 11) is 0. The lowest BCUT2D eigenvalue weighted by atomic mass is 10.0. The first-order valence-electron chi connectivity index (χ1n) is 5.98. The molecule has 0 fully saturated rings. The zero-order valence-electron chi connectivity index (χ0n) is 11.2. The summed E-state index contributed by atoms with van der Waals surface area (Å²) in [6.45, 7) is 1.84. The Hall–Kier alpha value is -2.83. The van der Waals surface area contributed by atoms with Gasteiger partial charge >= 0.3 is 17.9 Å². The van der Waals surface area contributed by atoms with Gasteiger partial charge in [0.15, 0.2) is 0 Å². The van der Waals surface area contributed by atoms with Gasteiger partial charge in [0, 0.05) is 0 Å². The molecule has 0 unspecified atom stereocenters. The summed E-state index contributed by atoms with van der Waals surface area (Å²) in [5, 5.41) is 17.8. The number of carbonyl (C=O) groups is 3. The number of carboxylic acid groups (broad SMARTS) is 2. The predicted molar refractivity (Wildman–Crippen MR) is 71.4 cm³/mol. The van der Waals surface area contributed by atoms with Crippen LogP contribution < -0.4 is 0 Å². The molecular weight excluding hydrogens is 280 g/mol. The number of esters is 1. The van der Waals surface area contributed by atoms with Crippen LogP contribution >= 0.6 is 0 Å². The fraction of sp³-hybridized carbons (Fsp3) is 0.214. The number of hydrogen-bond acceptors (Lipinski definition) is 5. The van der Waals surface area contributed by atoms with Gasteiger partial charge < -0.3 is 19.7 Å². The highest BCUT2D eigenvalue weighted by molar-refractivity contribution is 6.04. The number of benzene rings is 1. The van der Waals surface area contributed by atoms with Gasteiger partial charge in [-0.05, 0) is 25.1 Å².